The van der Waals surface area contributed by atoms with Gasteiger partial charge in [-0.3, -0.25) is 4.79 Å². The first-order chi connectivity index (χ1) is 12.1. The van der Waals surface area contributed by atoms with Gasteiger partial charge in [0.25, 0.3) is 0 Å². The number of rotatable bonds is 7. The van der Waals surface area contributed by atoms with Crippen LogP contribution in [0, 0.1) is 0 Å². The second-order valence-corrected chi connectivity index (χ2v) is 6.72. The highest BCUT2D eigenvalue weighted by Gasteiger charge is 2.22. The summed E-state index contributed by atoms with van der Waals surface area (Å²) < 4.78 is 0. The van der Waals surface area contributed by atoms with Gasteiger partial charge in [-0.05, 0) is 43.0 Å². The van der Waals surface area contributed by atoms with Gasteiger partial charge in [0.2, 0.25) is 5.91 Å². The number of hydrogen-bond acceptors (Lipinski definition) is 3. The Morgan fingerprint density at radius 3 is 2.68 bits per heavy atom. The van der Waals surface area contributed by atoms with Gasteiger partial charge >= 0.3 is 0 Å². The largest absolute Gasteiger partial charge is 0.391 e. The normalized spacial score (nSPS) is 16.9. The number of aliphatic hydroxyl groups is 1. The molecule has 3 rings (SSSR count). The molecule has 25 heavy (non-hydrogen) atoms. The van der Waals surface area contributed by atoms with Gasteiger partial charge in [0.15, 0.2) is 0 Å². The SMILES string of the molecule is CC(NCC(O)Cc1ccccc1)c1cccc(N2CCCC2=O)c1. The van der Waals surface area contributed by atoms with Crippen LogP contribution in [0.25, 0.3) is 0 Å². The lowest BCUT2D eigenvalue weighted by Gasteiger charge is -2.21. The van der Waals surface area contributed by atoms with Crippen LogP contribution in [0.1, 0.15) is 36.9 Å². The van der Waals surface area contributed by atoms with Crippen molar-refractivity contribution in [2.75, 3.05) is 18.0 Å². The molecule has 2 N–H and O–H groups in total. The van der Waals surface area contributed by atoms with Crippen LogP contribution in [0.2, 0.25) is 0 Å². The van der Waals surface area contributed by atoms with Crippen molar-refractivity contribution in [1.82, 2.24) is 5.32 Å². The molecule has 2 unspecified atom stereocenters. The van der Waals surface area contributed by atoms with E-state index >= 15 is 0 Å². The first-order valence-electron chi connectivity index (χ1n) is 8.99. The van der Waals surface area contributed by atoms with Gasteiger partial charge < -0.3 is 15.3 Å². The molecule has 2 aromatic carbocycles. The number of nitrogens with zero attached hydrogens (tertiary/aromatic N) is 1. The third kappa shape index (κ3) is 4.68. The molecule has 2 atom stereocenters. The summed E-state index contributed by atoms with van der Waals surface area (Å²) in [5.74, 6) is 0.205. The highest BCUT2D eigenvalue weighted by atomic mass is 16.3. The molecule has 0 spiro atoms. The highest BCUT2D eigenvalue weighted by Crippen LogP contribution is 2.24. The summed E-state index contributed by atoms with van der Waals surface area (Å²) >= 11 is 0. The lowest BCUT2D eigenvalue weighted by molar-refractivity contribution is -0.117. The van der Waals surface area contributed by atoms with Crippen LogP contribution in [-0.4, -0.2) is 30.2 Å². The van der Waals surface area contributed by atoms with Crippen molar-refractivity contribution < 1.29 is 9.90 Å². The lowest BCUT2D eigenvalue weighted by Crippen LogP contribution is -2.30. The van der Waals surface area contributed by atoms with Crippen LogP contribution >= 0.6 is 0 Å². The first kappa shape index (κ1) is 17.6. The minimum Gasteiger partial charge on any atom is -0.391 e. The minimum absolute atomic E-state index is 0.114. The number of aliphatic hydroxyl groups excluding tert-OH is 1. The minimum atomic E-state index is -0.423. The quantitative estimate of drug-likeness (QED) is 0.816. The summed E-state index contributed by atoms with van der Waals surface area (Å²) in [7, 11) is 0. The summed E-state index contributed by atoms with van der Waals surface area (Å²) in [6.45, 7) is 3.42. The van der Waals surface area contributed by atoms with Gasteiger partial charge in [-0.2, -0.15) is 0 Å². The summed E-state index contributed by atoms with van der Waals surface area (Å²) in [5, 5.41) is 13.6. The Bertz CT molecular complexity index is 702. The van der Waals surface area contributed by atoms with Crippen molar-refractivity contribution in [3.63, 3.8) is 0 Å². The zero-order valence-corrected chi connectivity index (χ0v) is 14.7. The second-order valence-electron chi connectivity index (χ2n) is 6.72. The smallest absolute Gasteiger partial charge is 0.227 e. The number of nitrogens with one attached hydrogen (secondary N) is 1. The van der Waals surface area contributed by atoms with Crippen molar-refractivity contribution in [1.29, 1.82) is 0 Å². The molecule has 0 radical (unpaired) electrons. The molecule has 0 aromatic heterocycles. The molecule has 0 saturated carbocycles. The Kier molecular flexibility index (Phi) is 5.84. The molecule has 1 saturated heterocycles. The highest BCUT2D eigenvalue weighted by molar-refractivity contribution is 5.95. The van der Waals surface area contributed by atoms with Gasteiger partial charge in [-0.15, -0.1) is 0 Å². The van der Waals surface area contributed by atoms with Gasteiger partial charge in [0, 0.05) is 31.2 Å². The number of carbonyl (C=O) groups is 1. The van der Waals surface area contributed by atoms with Crippen molar-refractivity contribution in [3.05, 3.63) is 65.7 Å². The first-order valence-corrected chi connectivity index (χ1v) is 8.99. The molecule has 1 aliphatic rings. The van der Waals surface area contributed by atoms with E-state index in [1.165, 1.54) is 0 Å². The van der Waals surface area contributed by atoms with Crippen LogP contribution in [0.15, 0.2) is 54.6 Å². The third-order valence-electron chi connectivity index (χ3n) is 4.73. The summed E-state index contributed by atoms with van der Waals surface area (Å²) in [6.07, 6.45) is 1.79. The number of benzene rings is 2. The van der Waals surface area contributed by atoms with E-state index in [2.05, 4.69) is 24.4 Å². The van der Waals surface area contributed by atoms with E-state index in [4.69, 9.17) is 0 Å². The monoisotopic (exact) mass is 338 g/mol. The van der Waals surface area contributed by atoms with Crippen LogP contribution < -0.4 is 10.2 Å². The number of carbonyl (C=O) groups excluding carboxylic acids is 1. The van der Waals surface area contributed by atoms with E-state index in [0.29, 0.717) is 19.4 Å². The molecule has 4 nitrogen and oxygen atoms in total. The Hall–Kier alpha value is -2.17. The third-order valence-corrected chi connectivity index (χ3v) is 4.73. The van der Waals surface area contributed by atoms with Crippen LogP contribution in [0.3, 0.4) is 0 Å². The summed E-state index contributed by atoms with van der Waals surface area (Å²) in [6, 6.07) is 18.3. The summed E-state index contributed by atoms with van der Waals surface area (Å²) in [5.41, 5.74) is 3.24. The van der Waals surface area contributed by atoms with E-state index in [9.17, 15) is 9.90 Å². The molecule has 2 aromatic rings. The van der Waals surface area contributed by atoms with Crippen LogP contribution in [-0.2, 0) is 11.2 Å². The maximum Gasteiger partial charge on any atom is 0.227 e. The molecular formula is C21H26N2O2. The maximum absolute atomic E-state index is 11.9. The number of anilines is 1. The Morgan fingerprint density at radius 2 is 1.96 bits per heavy atom. The Balaban J connectivity index is 1.56. The van der Waals surface area contributed by atoms with Crippen molar-refractivity contribution in [2.45, 2.75) is 38.3 Å². The predicted octanol–water partition coefficient (Wildman–Crippen LogP) is 3.07. The lowest BCUT2D eigenvalue weighted by atomic mass is 10.1. The molecule has 1 fully saturated rings. The molecule has 0 aliphatic carbocycles. The molecular weight excluding hydrogens is 312 g/mol. The van der Waals surface area contributed by atoms with Gasteiger partial charge in [-0.1, -0.05) is 42.5 Å². The molecule has 1 heterocycles. The number of hydrogen-bond donors (Lipinski definition) is 2. The van der Waals surface area contributed by atoms with E-state index in [-0.39, 0.29) is 11.9 Å². The Morgan fingerprint density at radius 1 is 1.16 bits per heavy atom. The van der Waals surface area contributed by atoms with Crippen molar-refractivity contribution in [2.24, 2.45) is 0 Å². The van der Waals surface area contributed by atoms with Gasteiger partial charge in [-0.25, -0.2) is 0 Å². The van der Waals surface area contributed by atoms with Crippen LogP contribution in [0.5, 0.6) is 0 Å². The summed E-state index contributed by atoms with van der Waals surface area (Å²) in [4.78, 5) is 13.8. The fourth-order valence-corrected chi connectivity index (χ4v) is 3.27. The zero-order valence-electron chi connectivity index (χ0n) is 14.7. The Labute approximate surface area is 149 Å². The average molecular weight is 338 g/mol. The molecule has 4 heteroatoms. The van der Waals surface area contributed by atoms with Gasteiger partial charge in [0.1, 0.15) is 0 Å². The fraction of sp³-hybridized carbons (Fsp3) is 0.381. The van der Waals surface area contributed by atoms with Gasteiger partial charge in [0.05, 0.1) is 6.10 Å². The standard InChI is InChI=1S/C21H26N2O2/c1-16(22-15-20(24)13-17-7-3-2-4-8-17)18-9-5-10-19(14-18)23-12-6-11-21(23)25/h2-5,7-10,14,16,20,22,24H,6,11-13,15H2,1H3. The van der Waals surface area contributed by atoms with E-state index in [1.54, 1.807) is 0 Å². The topological polar surface area (TPSA) is 52.6 Å². The molecule has 1 aliphatic heterocycles. The molecule has 1 amide bonds. The van der Waals surface area contributed by atoms with E-state index < -0.39 is 6.10 Å². The second kappa shape index (κ2) is 8.28. The van der Waals surface area contributed by atoms with Crippen LogP contribution in [0.4, 0.5) is 5.69 Å². The predicted molar refractivity (Wildman–Crippen MR) is 101 cm³/mol. The average Bonchev–Trinajstić information content (AvgIpc) is 3.06. The zero-order chi connectivity index (χ0) is 17.6. The number of amides is 1. The molecule has 132 valence electrons. The fourth-order valence-electron chi connectivity index (χ4n) is 3.27. The van der Waals surface area contributed by atoms with Crippen molar-refractivity contribution in [3.8, 4) is 0 Å². The maximum atomic E-state index is 11.9. The van der Waals surface area contributed by atoms with E-state index in [0.717, 1.165) is 29.8 Å². The van der Waals surface area contributed by atoms with E-state index in [1.807, 2.05) is 47.4 Å². The van der Waals surface area contributed by atoms with Crippen molar-refractivity contribution >= 4 is 11.6 Å². The molecule has 0 bridgehead atoms.